The first kappa shape index (κ1) is 15.7. The number of hydrogen-bond donors (Lipinski definition) is 0. The van der Waals surface area contributed by atoms with E-state index in [4.69, 9.17) is 4.74 Å². The lowest BCUT2D eigenvalue weighted by Crippen LogP contribution is -2.22. The van der Waals surface area contributed by atoms with E-state index < -0.39 is 0 Å². The van der Waals surface area contributed by atoms with Gasteiger partial charge in [-0.1, -0.05) is 20.8 Å². The molecule has 5 nitrogen and oxygen atoms in total. The molecule has 0 bridgehead atoms. The van der Waals surface area contributed by atoms with Gasteiger partial charge >= 0.3 is 5.97 Å². The molecular formula is C14H25N3O2. The van der Waals surface area contributed by atoms with Gasteiger partial charge in [0.05, 0.1) is 6.61 Å². The first-order valence-corrected chi connectivity index (χ1v) is 7.07. The van der Waals surface area contributed by atoms with E-state index in [-0.39, 0.29) is 11.9 Å². The molecule has 1 aromatic rings. The van der Waals surface area contributed by atoms with Crippen LogP contribution in [0.3, 0.4) is 0 Å². The third-order valence-corrected chi connectivity index (χ3v) is 3.00. The summed E-state index contributed by atoms with van der Waals surface area (Å²) in [4.78, 5) is 12.1. The highest BCUT2D eigenvalue weighted by molar-refractivity contribution is 5.77. The summed E-state index contributed by atoms with van der Waals surface area (Å²) in [5, 5.41) is 8.31. The minimum Gasteiger partial charge on any atom is -0.465 e. The van der Waals surface area contributed by atoms with Crippen molar-refractivity contribution in [3.63, 3.8) is 0 Å². The number of esters is 1. The van der Waals surface area contributed by atoms with Crippen molar-refractivity contribution in [3.05, 3.63) is 11.6 Å². The van der Waals surface area contributed by atoms with Crippen molar-refractivity contribution >= 4 is 5.97 Å². The van der Waals surface area contributed by atoms with Gasteiger partial charge in [0.2, 0.25) is 0 Å². The van der Waals surface area contributed by atoms with Crippen molar-refractivity contribution in [3.8, 4) is 0 Å². The molecule has 0 radical (unpaired) electrons. The average Bonchev–Trinajstić information content (AvgIpc) is 2.69. The second kappa shape index (κ2) is 7.26. The zero-order valence-electron chi connectivity index (χ0n) is 12.6. The van der Waals surface area contributed by atoms with Gasteiger partial charge in [0, 0.05) is 6.54 Å². The molecule has 19 heavy (non-hydrogen) atoms. The highest BCUT2D eigenvalue weighted by atomic mass is 16.5. The van der Waals surface area contributed by atoms with Crippen molar-refractivity contribution < 1.29 is 9.53 Å². The van der Waals surface area contributed by atoms with Crippen LogP contribution in [0.15, 0.2) is 0 Å². The molecule has 0 saturated heterocycles. The Hall–Kier alpha value is -1.39. The van der Waals surface area contributed by atoms with Crippen LogP contribution >= 0.6 is 0 Å². The summed E-state index contributed by atoms with van der Waals surface area (Å²) in [5.74, 6) is 1.50. The molecule has 5 heteroatoms. The largest absolute Gasteiger partial charge is 0.465 e. The fourth-order valence-corrected chi connectivity index (χ4v) is 2.18. The Labute approximate surface area is 115 Å². The van der Waals surface area contributed by atoms with E-state index in [1.165, 1.54) is 0 Å². The number of carbonyl (C=O) groups is 1. The lowest BCUT2D eigenvalue weighted by Gasteiger charge is -2.18. The van der Waals surface area contributed by atoms with Gasteiger partial charge in [-0.3, -0.25) is 4.79 Å². The smallest absolute Gasteiger partial charge is 0.316 e. The summed E-state index contributed by atoms with van der Waals surface area (Å²) < 4.78 is 7.21. The number of hydrogen-bond acceptors (Lipinski definition) is 4. The van der Waals surface area contributed by atoms with Gasteiger partial charge in [-0.2, -0.15) is 0 Å². The molecule has 0 amide bonds. The fraction of sp³-hybridized carbons (Fsp3) is 0.786. The second-order valence-corrected chi connectivity index (χ2v) is 5.19. The molecule has 1 rings (SSSR count). The average molecular weight is 267 g/mol. The van der Waals surface area contributed by atoms with Gasteiger partial charge in [-0.25, -0.2) is 0 Å². The van der Waals surface area contributed by atoms with Crippen LogP contribution in [0.25, 0.3) is 0 Å². The van der Waals surface area contributed by atoms with E-state index in [1.807, 2.05) is 18.4 Å². The molecule has 1 heterocycles. The van der Waals surface area contributed by atoms with Gasteiger partial charge in [0.25, 0.3) is 0 Å². The molecule has 0 aliphatic heterocycles. The number of aromatic nitrogens is 3. The van der Waals surface area contributed by atoms with E-state index in [0.29, 0.717) is 12.5 Å². The van der Waals surface area contributed by atoms with Gasteiger partial charge in [-0.05, 0) is 32.6 Å². The Bertz CT molecular complexity index is 413. The van der Waals surface area contributed by atoms with E-state index in [0.717, 1.165) is 31.0 Å². The molecule has 0 aliphatic rings. The number of rotatable bonds is 7. The van der Waals surface area contributed by atoms with Crippen molar-refractivity contribution in [1.29, 1.82) is 0 Å². The minimum atomic E-state index is -0.312. The van der Waals surface area contributed by atoms with Crippen LogP contribution in [0.2, 0.25) is 0 Å². The first-order chi connectivity index (χ1) is 9.01. The van der Waals surface area contributed by atoms with Crippen molar-refractivity contribution in [1.82, 2.24) is 14.8 Å². The summed E-state index contributed by atoms with van der Waals surface area (Å²) in [6, 6.07) is 0. The second-order valence-electron chi connectivity index (χ2n) is 5.19. The summed E-state index contributed by atoms with van der Waals surface area (Å²) in [6.45, 7) is 11.3. The van der Waals surface area contributed by atoms with E-state index >= 15 is 0 Å². The third-order valence-electron chi connectivity index (χ3n) is 3.00. The van der Waals surface area contributed by atoms with E-state index in [9.17, 15) is 4.79 Å². The van der Waals surface area contributed by atoms with Crippen LogP contribution in [-0.4, -0.2) is 27.3 Å². The topological polar surface area (TPSA) is 57.0 Å². The van der Waals surface area contributed by atoms with Gasteiger partial charge in [0.15, 0.2) is 0 Å². The Morgan fingerprint density at radius 1 is 1.32 bits per heavy atom. The summed E-state index contributed by atoms with van der Waals surface area (Å²) in [5.41, 5.74) is 0. The summed E-state index contributed by atoms with van der Waals surface area (Å²) in [7, 11) is 0. The molecule has 1 atom stereocenters. The Morgan fingerprint density at radius 2 is 2.00 bits per heavy atom. The van der Waals surface area contributed by atoms with Gasteiger partial charge in [-0.15, -0.1) is 10.2 Å². The molecular weight excluding hydrogens is 242 g/mol. The molecule has 0 saturated carbocycles. The zero-order chi connectivity index (χ0) is 14.4. The minimum absolute atomic E-state index is 0.194. The van der Waals surface area contributed by atoms with Gasteiger partial charge in [0.1, 0.15) is 17.6 Å². The van der Waals surface area contributed by atoms with Crippen LogP contribution < -0.4 is 0 Å². The van der Waals surface area contributed by atoms with Crippen LogP contribution in [0.4, 0.5) is 0 Å². The zero-order valence-corrected chi connectivity index (χ0v) is 12.6. The SMILES string of the molecule is CCCn1c(C)nnc1C(CC(C)C)C(=O)OCC. The van der Waals surface area contributed by atoms with Gasteiger partial charge < -0.3 is 9.30 Å². The van der Waals surface area contributed by atoms with Crippen molar-refractivity contribution in [2.45, 2.75) is 59.9 Å². The summed E-state index contributed by atoms with van der Waals surface area (Å²) >= 11 is 0. The van der Waals surface area contributed by atoms with Crippen LogP contribution in [0.5, 0.6) is 0 Å². The van der Waals surface area contributed by atoms with Crippen molar-refractivity contribution in [2.75, 3.05) is 6.61 Å². The summed E-state index contributed by atoms with van der Waals surface area (Å²) in [6.07, 6.45) is 1.73. The monoisotopic (exact) mass is 267 g/mol. The Morgan fingerprint density at radius 3 is 2.53 bits per heavy atom. The van der Waals surface area contributed by atoms with E-state index in [1.54, 1.807) is 0 Å². The normalized spacial score (nSPS) is 12.7. The molecule has 0 aromatic carbocycles. The maximum Gasteiger partial charge on any atom is 0.316 e. The maximum atomic E-state index is 12.1. The standard InChI is InChI=1S/C14H25N3O2/c1-6-8-17-11(5)15-16-13(17)12(9-10(3)4)14(18)19-7-2/h10,12H,6-9H2,1-5H3. The molecule has 0 fully saturated rings. The number of ether oxygens (including phenoxy) is 1. The highest BCUT2D eigenvalue weighted by Gasteiger charge is 2.28. The number of carbonyl (C=O) groups excluding carboxylic acids is 1. The molecule has 1 aromatic heterocycles. The Balaban J connectivity index is 3.06. The predicted molar refractivity (Wildman–Crippen MR) is 73.9 cm³/mol. The van der Waals surface area contributed by atoms with Crippen LogP contribution in [0.1, 0.15) is 58.1 Å². The third kappa shape index (κ3) is 4.04. The number of aryl methyl sites for hydroxylation is 1. The van der Waals surface area contributed by atoms with Crippen LogP contribution in [-0.2, 0) is 16.1 Å². The highest BCUT2D eigenvalue weighted by Crippen LogP contribution is 2.25. The molecule has 0 aliphatic carbocycles. The quantitative estimate of drug-likeness (QED) is 0.713. The molecule has 108 valence electrons. The maximum absolute atomic E-state index is 12.1. The predicted octanol–water partition coefficient (Wildman–Crippen LogP) is 2.69. The molecule has 0 spiro atoms. The molecule has 1 unspecified atom stereocenters. The lowest BCUT2D eigenvalue weighted by molar-refractivity contribution is -0.145. The fourth-order valence-electron chi connectivity index (χ4n) is 2.18. The lowest BCUT2D eigenvalue weighted by atomic mass is 9.96. The Kier molecular flexibility index (Phi) is 5.99. The van der Waals surface area contributed by atoms with Crippen LogP contribution in [0, 0.1) is 12.8 Å². The first-order valence-electron chi connectivity index (χ1n) is 7.07. The van der Waals surface area contributed by atoms with Crippen molar-refractivity contribution in [2.24, 2.45) is 5.92 Å². The van der Waals surface area contributed by atoms with E-state index in [2.05, 4.69) is 31.0 Å². The molecule has 0 N–H and O–H groups in total. The number of nitrogens with zero attached hydrogens (tertiary/aromatic N) is 3.